The fourth-order valence-electron chi connectivity index (χ4n) is 4.84. The van der Waals surface area contributed by atoms with Crippen LogP contribution in [0.15, 0.2) is 61.1 Å². The highest BCUT2D eigenvalue weighted by molar-refractivity contribution is 5.78. The van der Waals surface area contributed by atoms with Crippen molar-refractivity contribution in [3.63, 3.8) is 0 Å². The van der Waals surface area contributed by atoms with Gasteiger partial charge in [-0.2, -0.15) is 4.98 Å². The SMILES string of the molecule is [C-]#[N+]c1cc(-c2ccnc(Nc3ccc(-n4cnc(N5CCOCC5)n4)cc3)n2)ccc1N1CCC(O)CC1. The lowest BCUT2D eigenvalue weighted by Crippen LogP contribution is -2.37. The lowest BCUT2D eigenvalue weighted by Gasteiger charge is -2.32. The average molecular weight is 524 g/mol. The Balaban J connectivity index is 1.15. The smallest absolute Gasteiger partial charge is 0.245 e. The predicted molar refractivity (Wildman–Crippen MR) is 149 cm³/mol. The normalized spacial score (nSPS) is 16.2. The molecule has 2 N–H and O–H groups in total. The summed E-state index contributed by atoms with van der Waals surface area (Å²) < 4.78 is 7.17. The maximum atomic E-state index is 9.82. The fraction of sp³-hybridized carbons (Fsp3) is 0.321. The van der Waals surface area contributed by atoms with Gasteiger partial charge in [0, 0.05) is 43.8 Å². The maximum Gasteiger partial charge on any atom is 0.245 e. The third-order valence-corrected chi connectivity index (χ3v) is 7.01. The van der Waals surface area contributed by atoms with Crippen molar-refractivity contribution < 1.29 is 9.84 Å². The molecular formula is C28H29N9O2. The van der Waals surface area contributed by atoms with Crippen molar-refractivity contribution in [3.8, 4) is 16.9 Å². The van der Waals surface area contributed by atoms with Crippen LogP contribution in [-0.4, -0.2) is 75.3 Å². The minimum absolute atomic E-state index is 0.254. The summed E-state index contributed by atoms with van der Waals surface area (Å²) in [6, 6.07) is 15.5. The van der Waals surface area contributed by atoms with Crippen molar-refractivity contribution >= 4 is 29.0 Å². The van der Waals surface area contributed by atoms with Crippen molar-refractivity contribution in [2.45, 2.75) is 18.9 Å². The molecule has 6 rings (SSSR count). The first-order chi connectivity index (χ1) is 19.2. The standard InChI is InChI=1S/C28H29N9O2/c1-29-25-18-20(2-7-26(25)35-12-9-23(38)10-13-35)24-8-11-30-27(33-24)32-21-3-5-22(6-4-21)37-19-31-28(34-37)36-14-16-39-17-15-36/h2-8,11,18-19,23,38H,9-10,12-17H2,(H,30,32,33). The Kier molecular flexibility index (Phi) is 7.03. The number of hydrogen-bond acceptors (Lipinski definition) is 9. The minimum Gasteiger partial charge on any atom is -0.393 e. The number of piperidine rings is 1. The van der Waals surface area contributed by atoms with E-state index in [1.54, 1.807) is 17.2 Å². The Hall–Kier alpha value is -4.53. The highest BCUT2D eigenvalue weighted by atomic mass is 16.5. The number of nitrogens with zero attached hydrogens (tertiary/aromatic N) is 8. The average Bonchev–Trinajstić information content (AvgIpc) is 3.49. The molecule has 39 heavy (non-hydrogen) atoms. The van der Waals surface area contributed by atoms with Crippen LogP contribution in [0.3, 0.4) is 0 Å². The first-order valence-electron chi connectivity index (χ1n) is 13.1. The third-order valence-electron chi connectivity index (χ3n) is 7.01. The second-order valence-electron chi connectivity index (χ2n) is 9.56. The van der Waals surface area contributed by atoms with Gasteiger partial charge in [-0.25, -0.2) is 19.5 Å². The molecule has 198 valence electrons. The zero-order chi connectivity index (χ0) is 26.6. The highest BCUT2D eigenvalue weighted by Gasteiger charge is 2.20. The van der Waals surface area contributed by atoms with E-state index in [0.717, 1.165) is 67.3 Å². The molecular weight excluding hydrogens is 494 g/mol. The van der Waals surface area contributed by atoms with Crippen LogP contribution in [0.25, 0.3) is 21.8 Å². The molecule has 2 aliphatic rings. The zero-order valence-corrected chi connectivity index (χ0v) is 21.4. The largest absolute Gasteiger partial charge is 0.393 e. The number of hydrogen-bond donors (Lipinski definition) is 2. The van der Waals surface area contributed by atoms with Crippen LogP contribution in [0, 0.1) is 6.57 Å². The van der Waals surface area contributed by atoms with E-state index in [1.165, 1.54) is 0 Å². The third kappa shape index (κ3) is 5.52. The van der Waals surface area contributed by atoms with E-state index >= 15 is 0 Å². The molecule has 0 amide bonds. The summed E-state index contributed by atoms with van der Waals surface area (Å²) in [5.41, 5.74) is 4.80. The van der Waals surface area contributed by atoms with Crippen LogP contribution < -0.4 is 15.1 Å². The van der Waals surface area contributed by atoms with Gasteiger partial charge in [0.05, 0.1) is 37.3 Å². The van der Waals surface area contributed by atoms with Crippen LogP contribution in [0.4, 0.5) is 29.0 Å². The van der Waals surface area contributed by atoms with E-state index in [4.69, 9.17) is 11.3 Å². The zero-order valence-electron chi connectivity index (χ0n) is 21.4. The monoisotopic (exact) mass is 523 g/mol. The number of nitrogens with one attached hydrogen (secondary N) is 1. The van der Waals surface area contributed by atoms with E-state index in [9.17, 15) is 5.11 Å². The van der Waals surface area contributed by atoms with Gasteiger partial charge in [0.2, 0.25) is 17.6 Å². The Labute approximate surface area is 226 Å². The molecule has 4 aromatic rings. The minimum atomic E-state index is -0.254. The summed E-state index contributed by atoms with van der Waals surface area (Å²) in [5, 5.41) is 17.7. The Morgan fingerprint density at radius 1 is 0.949 bits per heavy atom. The number of aliphatic hydroxyl groups is 1. The van der Waals surface area contributed by atoms with Crippen LogP contribution in [0.1, 0.15) is 12.8 Å². The van der Waals surface area contributed by atoms with Gasteiger partial charge >= 0.3 is 0 Å². The number of benzene rings is 2. The molecule has 0 aliphatic carbocycles. The topological polar surface area (TPSA) is 109 Å². The molecule has 0 radical (unpaired) electrons. The van der Waals surface area contributed by atoms with E-state index in [1.807, 2.05) is 48.5 Å². The first kappa shape index (κ1) is 24.8. The van der Waals surface area contributed by atoms with E-state index in [2.05, 4.69) is 40.0 Å². The second kappa shape index (κ2) is 11.1. The molecule has 0 atom stereocenters. The van der Waals surface area contributed by atoms with Crippen LogP contribution in [0.2, 0.25) is 0 Å². The molecule has 0 unspecified atom stereocenters. The number of anilines is 4. The van der Waals surface area contributed by atoms with Gasteiger partial charge in [-0.05, 0) is 60.9 Å². The number of aliphatic hydroxyl groups excluding tert-OH is 1. The Morgan fingerprint density at radius 2 is 1.74 bits per heavy atom. The van der Waals surface area contributed by atoms with Gasteiger partial charge in [0.15, 0.2) is 0 Å². The van der Waals surface area contributed by atoms with Crippen molar-refractivity contribution in [1.82, 2.24) is 24.7 Å². The van der Waals surface area contributed by atoms with Crippen molar-refractivity contribution in [1.29, 1.82) is 0 Å². The van der Waals surface area contributed by atoms with Crippen LogP contribution in [0.5, 0.6) is 0 Å². The van der Waals surface area contributed by atoms with Gasteiger partial charge in [0.25, 0.3) is 0 Å². The van der Waals surface area contributed by atoms with E-state index in [0.29, 0.717) is 30.8 Å². The molecule has 4 heterocycles. The fourth-order valence-corrected chi connectivity index (χ4v) is 4.84. The van der Waals surface area contributed by atoms with Crippen molar-refractivity contribution in [3.05, 3.63) is 72.5 Å². The Bertz CT molecular complexity index is 1470. The Morgan fingerprint density at radius 3 is 2.51 bits per heavy atom. The molecule has 11 nitrogen and oxygen atoms in total. The summed E-state index contributed by atoms with van der Waals surface area (Å²) in [6.45, 7) is 12.2. The van der Waals surface area contributed by atoms with Crippen molar-refractivity contribution in [2.24, 2.45) is 0 Å². The van der Waals surface area contributed by atoms with Crippen LogP contribution in [-0.2, 0) is 4.74 Å². The highest BCUT2D eigenvalue weighted by Crippen LogP contribution is 2.35. The molecule has 0 saturated carbocycles. The number of morpholine rings is 1. The number of aromatic nitrogens is 5. The number of rotatable bonds is 6. The predicted octanol–water partition coefficient (Wildman–Crippen LogP) is 3.82. The van der Waals surface area contributed by atoms with Gasteiger partial charge in [0.1, 0.15) is 6.33 Å². The summed E-state index contributed by atoms with van der Waals surface area (Å²) in [7, 11) is 0. The molecule has 2 aromatic carbocycles. The molecule has 2 fully saturated rings. The van der Waals surface area contributed by atoms with E-state index in [-0.39, 0.29) is 6.10 Å². The molecule has 0 spiro atoms. The number of ether oxygens (including phenoxy) is 1. The lowest BCUT2D eigenvalue weighted by molar-refractivity contribution is 0.122. The molecule has 2 aromatic heterocycles. The van der Waals surface area contributed by atoms with E-state index < -0.39 is 0 Å². The maximum absolute atomic E-state index is 9.82. The summed E-state index contributed by atoms with van der Waals surface area (Å²) in [4.78, 5) is 21.6. The van der Waals surface area contributed by atoms with Gasteiger partial charge in [-0.3, -0.25) is 0 Å². The molecule has 2 aliphatic heterocycles. The quantitative estimate of drug-likeness (QED) is 0.365. The second-order valence-corrected chi connectivity index (χ2v) is 9.56. The first-order valence-corrected chi connectivity index (χ1v) is 13.1. The van der Waals surface area contributed by atoms with Crippen LogP contribution >= 0.6 is 0 Å². The molecule has 11 heteroatoms. The summed E-state index contributed by atoms with van der Waals surface area (Å²) >= 11 is 0. The lowest BCUT2D eigenvalue weighted by atomic mass is 10.0. The summed E-state index contributed by atoms with van der Waals surface area (Å²) in [5.74, 6) is 1.17. The molecule has 0 bridgehead atoms. The van der Waals surface area contributed by atoms with Gasteiger partial charge in [-0.1, -0.05) is 6.07 Å². The van der Waals surface area contributed by atoms with Gasteiger partial charge < -0.3 is 25.0 Å². The summed E-state index contributed by atoms with van der Waals surface area (Å²) in [6.07, 6.45) is 4.61. The van der Waals surface area contributed by atoms with Crippen molar-refractivity contribution in [2.75, 3.05) is 54.5 Å². The van der Waals surface area contributed by atoms with Gasteiger partial charge in [-0.15, -0.1) is 5.10 Å². The molecule has 2 saturated heterocycles.